The normalized spacial score (nSPS) is 18.6. The maximum atomic E-state index is 16.4. The maximum absolute atomic E-state index is 16.4. The second kappa shape index (κ2) is 8.68. The summed E-state index contributed by atoms with van der Waals surface area (Å²) < 4.78 is 32.0. The van der Waals surface area contributed by atoms with Gasteiger partial charge in [0.2, 0.25) is 0 Å². The van der Waals surface area contributed by atoms with Gasteiger partial charge in [0.05, 0.1) is 28.8 Å². The van der Waals surface area contributed by atoms with Gasteiger partial charge in [-0.2, -0.15) is 0 Å². The highest BCUT2D eigenvalue weighted by Gasteiger charge is 2.43. The fraction of sp³-hybridized carbons (Fsp3) is 0.226. The number of aromatic amines is 1. The van der Waals surface area contributed by atoms with Crippen molar-refractivity contribution in [1.29, 1.82) is 0 Å². The Morgan fingerprint density at radius 2 is 1.70 bits per heavy atom. The third-order valence-corrected chi connectivity index (χ3v) is 7.66. The third kappa shape index (κ3) is 3.79. The van der Waals surface area contributed by atoms with Gasteiger partial charge >= 0.3 is 0 Å². The molecule has 2 atom stereocenters. The third-order valence-electron chi connectivity index (χ3n) is 7.66. The molecule has 37 heavy (non-hydrogen) atoms. The molecule has 0 aliphatic carbocycles. The van der Waals surface area contributed by atoms with Crippen LogP contribution >= 0.6 is 0 Å². The number of nitrogens with one attached hydrogen (secondary N) is 3. The quantitative estimate of drug-likeness (QED) is 0.217. The Hall–Kier alpha value is -3.74. The Kier molecular flexibility index (Phi) is 5.55. The van der Waals surface area contributed by atoms with Crippen LogP contribution in [0.25, 0.3) is 32.8 Å². The highest BCUT2D eigenvalue weighted by Crippen LogP contribution is 2.44. The zero-order valence-corrected chi connectivity index (χ0v) is 21.0. The van der Waals surface area contributed by atoms with Gasteiger partial charge in [-0.05, 0) is 48.7 Å². The van der Waals surface area contributed by atoms with Crippen LogP contribution in [-0.4, -0.2) is 21.7 Å². The molecule has 0 radical (unpaired) electrons. The van der Waals surface area contributed by atoms with Crippen LogP contribution in [0.15, 0.2) is 72.9 Å². The van der Waals surface area contributed by atoms with Crippen LogP contribution in [0.3, 0.4) is 0 Å². The lowest BCUT2D eigenvalue weighted by atomic mass is 9.80. The van der Waals surface area contributed by atoms with Crippen LogP contribution in [0, 0.1) is 18.6 Å². The number of hydrogen-bond donors (Lipinski definition) is 4. The van der Waals surface area contributed by atoms with Gasteiger partial charge in [0.1, 0.15) is 11.6 Å². The number of aliphatic hydroxyl groups is 1. The number of fused-ring (bicyclic) bond motifs is 3. The van der Waals surface area contributed by atoms with Gasteiger partial charge in [0.25, 0.3) is 0 Å². The first-order valence-electron chi connectivity index (χ1n) is 12.5. The first-order valence-corrected chi connectivity index (χ1v) is 12.5. The molecule has 2 heterocycles. The van der Waals surface area contributed by atoms with Crippen LogP contribution in [0.5, 0.6) is 0 Å². The van der Waals surface area contributed by atoms with Gasteiger partial charge in [-0.15, -0.1) is 0 Å². The number of anilines is 1. The van der Waals surface area contributed by atoms with Gasteiger partial charge in [-0.3, -0.25) is 0 Å². The van der Waals surface area contributed by atoms with Gasteiger partial charge in [-0.1, -0.05) is 60.7 Å². The molecule has 0 saturated carbocycles. The number of aryl methyl sites for hydroxylation is 1. The Morgan fingerprint density at radius 3 is 2.54 bits per heavy atom. The molecule has 6 rings (SSSR count). The summed E-state index contributed by atoms with van der Waals surface area (Å²) in [7, 11) is 0. The van der Waals surface area contributed by atoms with E-state index in [0.29, 0.717) is 23.3 Å². The van der Waals surface area contributed by atoms with Crippen molar-refractivity contribution in [2.45, 2.75) is 45.0 Å². The Balaban J connectivity index is 1.48. The number of aromatic nitrogens is 1. The average Bonchev–Trinajstić information content (AvgIpc) is 3.26. The van der Waals surface area contributed by atoms with Crippen LogP contribution in [0.4, 0.5) is 14.5 Å². The number of H-pyrrole nitrogens is 1. The second-order valence-corrected chi connectivity index (χ2v) is 10.5. The van der Waals surface area contributed by atoms with Crippen molar-refractivity contribution in [2.24, 2.45) is 0 Å². The Labute approximate surface area is 214 Å². The molecule has 4 aromatic carbocycles. The zero-order chi connectivity index (χ0) is 25.9. The Morgan fingerprint density at radius 1 is 0.973 bits per heavy atom. The molecule has 4 N–H and O–H groups in total. The van der Waals surface area contributed by atoms with Crippen molar-refractivity contribution in [3.05, 3.63) is 101 Å². The summed E-state index contributed by atoms with van der Waals surface area (Å²) >= 11 is 0. The fourth-order valence-corrected chi connectivity index (χ4v) is 5.67. The first-order chi connectivity index (χ1) is 17.8. The van der Waals surface area contributed by atoms with Gasteiger partial charge in [-0.25, -0.2) is 8.78 Å². The molecule has 0 saturated heterocycles. The van der Waals surface area contributed by atoms with Crippen LogP contribution in [-0.2, 0) is 6.54 Å². The predicted molar refractivity (Wildman–Crippen MR) is 146 cm³/mol. The van der Waals surface area contributed by atoms with Crippen molar-refractivity contribution in [2.75, 3.05) is 5.32 Å². The summed E-state index contributed by atoms with van der Waals surface area (Å²) in [4.78, 5) is 3.17. The molecule has 188 valence electrons. The first kappa shape index (κ1) is 23.6. The van der Waals surface area contributed by atoms with E-state index in [9.17, 15) is 5.11 Å². The predicted octanol–water partition coefficient (Wildman–Crippen LogP) is 6.97. The second-order valence-electron chi connectivity index (χ2n) is 10.5. The van der Waals surface area contributed by atoms with Crippen molar-refractivity contribution in [3.63, 3.8) is 0 Å². The molecule has 0 bridgehead atoms. The summed E-state index contributed by atoms with van der Waals surface area (Å²) in [6.07, 6.45) is 0.872. The summed E-state index contributed by atoms with van der Waals surface area (Å²) in [5.41, 5.74) is 2.86. The average molecular weight is 498 g/mol. The SMILES string of the molecule is Cc1c[nH]c2c(-c3c(F)cc4c(c3F)C(NCc3cccc5ccccc35)C(O)C(C)(C)N4)cccc12. The molecule has 1 aromatic heterocycles. The van der Waals surface area contributed by atoms with Crippen molar-refractivity contribution in [1.82, 2.24) is 10.3 Å². The number of halogens is 2. The number of hydrogen-bond acceptors (Lipinski definition) is 3. The fourth-order valence-electron chi connectivity index (χ4n) is 5.67. The van der Waals surface area contributed by atoms with E-state index in [2.05, 4.69) is 21.7 Å². The highest BCUT2D eigenvalue weighted by atomic mass is 19.1. The zero-order valence-electron chi connectivity index (χ0n) is 21.0. The van der Waals surface area contributed by atoms with E-state index in [0.717, 1.165) is 27.3 Å². The summed E-state index contributed by atoms with van der Waals surface area (Å²) in [6, 6.07) is 20.2. The van der Waals surface area contributed by atoms with Crippen molar-refractivity contribution in [3.8, 4) is 11.1 Å². The summed E-state index contributed by atoms with van der Waals surface area (Å²) in [5.74, 6) is -1.32. The maximum Gasteiger partial charge on any atom is 0.140 e. The number of para-hydroxylation sites is 1. The van der Waals surface area contributed by atoms with E-state index < -0.39 is 29.3 Å². The van der Waals surface area contributed by atoms with E-state index in [4.69, 9.17) is 0 Å². The van der Waals surface area contributed by atoms with E-state index in [-0.39, 0.29) is 11.1 Å². The van der Waals surface area contributed by atoms with Crippen molar-refractivity contribution < 1.29 is 13.9 Å². The molecule has 5 aromatic rings. The number of benzene rings is 4. The lowest BCUT2D eigenvalue weighted by Crippen LogP contribution is -2.54. The highest BCUT2D eigenvalue weighted by molar-refractivity contribution is 5.96. The van der Waals surface area contributed by atoms with E-state index in [1.165, 1.54) is 6.07 Å². The lowest BCUT2D eigenvalue weighted by molar-refractivity contribution is 0.0663. The van der Waals surface area contributed by atoms with E-state index >= 15 is 8.78 Å². The molecule has 0 fully saturated rings. The van der Waals surface area contributed by atoms with Crippen LogP contribution in [0.2, 0.25) is 0 Å². The minimum absolute atomic E-state index is 0.100. The minimum Gasteiger partial charge on any atom is -0.389 e. The smallest absolute Gasteiger partial charge is 0.140 e. The standard InChI is InChI=1S/C31H29F2N3O/c1-17-15-34-28-20(17)12-7-13-22(28)25-23(32)14-24-26(27(25)33)29(30(37)31(2,3)36-24)35-16-19-10-6-9-18-8-4-5-11-21(18)19/h4-15,29-30,34-37H,16H2,1-3H3. The summed E-state index contributed by atoms with van der Waals surface area (Å²) in [5, 5.41) is 21.1. The minimum atomic E-state index is -0.966. The lowest BCUT2D eigenvalue weighted by Gasteiger charge is -2.44. The molecule has 1 aliphatic rings. The molecule has 1 aliphatic heterocycles. The monoisotopic (exact) mass is 497 g/mol. The summed E-state index contributed by atoms with van der Waals surface area (Å²) in [6.45, 7) is 6.03. The molecule has 6 heteroatoms. The molecule has 4 nitrogen and oxygen atoms in total. The Bertz CT molecular complexity index is 1650. The van der Waals surface area contributed by atoms with Crippen LogP contribution in [0.1, 0.15) is 36.6 Å². The molecular weight excluding hydrogens is 468 g/mol. The molecule has 0 amide bonds. The van der Waals surface area contributed by atoms with E-state index in [1.54, 1.807) is 6.07 Å². The van der Waals surface area contributed by atoms with Crippen LogP contribution < -0.4 is 10.6 Å². The molecule has 0 spiro atoms. The van der Waals surface area contributed by atoms with Gasteiger partial charge in [0, 0.05) is 34.9 Å². The topological polar surface area (TPSA) is 60.1 Å². The van der Waals surface area contributed by atoms with E-state index in [1.807, 2.05) is 75.5 Å². The van der Waals surface area contributed by atoms with Gasteiger partial charge < -0.3 is 20.7 Å². The van der Waals surface area contributed by atoms with Crippen molar-refractivity contribution >= 4 is 27.4 Å². The number of aliphatic hydroxyl groups excluding tert-OH is 1. The van der Waals surface area contributed by atoms with Gasteiger partial charge in [0.15, 0.2) is 0 Å². The molecule has 2 unspecified atom stereocenters. The largest absolute Gasteiger partial charge is 0.389 e. The molecular formula is C31H29F2N3O. The number of rotatable bonds is 4.